The van der Waals surface area contributed by atoms with Crippen LogP contribution in [0.4, 0.5) is 0 Å². The highest BCUT2D eigenvalue weighted by Gasteiger charge is 2.38. The van der Waals surface area contributed by atoms with Gasteiger partial charge >= 0.3 is 0 Å². The summed E-state index contributed by atoms with van der Waals surface area (Å²) in [6, 6.07) is 6.68. The molecule has 144 valence electrons. The number of carbonyl (C=O) groups excluding carboxylic acids is 3. The van der Waals surface area contributed by atoms with Crippen LogP contribution in [-0.2, 0) is 20.9 Å². The van der Waals surface area contributed by atoms with Gasteiger partial charge in [0.1, 0.15) is 6.04 Å². The second-order valence-corrected chi connectivity index (χ2v) is 7.31. The summed E-state index contributed by atoms with van der Waals surface area (Å²) < 4.78 is 5.31. The molecule has 27 heavy (non-hydrogen) atoms. The molecular weight excluding hydrogens is 366 g/mol. The van der Waals surface area contributed by atoms with Crippen LogP contribution in [0.5, 0.6) is 0 Å². The van der Waals surface area contributed by atoms with Crippen molar-refractivity contribution >= 4 is 29.5 Å². The minimum absolute atomic E-state index is 0.0194. The predicted octanol–water partition coefficient (Wildman–Crippen LogP) is 0.863. The summed E-state index contributed by atoms with van der Waals surface area (Å²) in [6.07, 6.45) is 1.19. The summed E-state index contributed by atoms with van der Waals surface area (Å²) in [5.41, 5.74) is 1.22. The number of hydrogen-bond acceptors (Lipinski definition) is 5. The van der Waals surface area contributed by atoms with Gasteiger partial charge in [-0.25, -0.2) is 0 Å². The number of thioether (sulfide) groups is 1. The molecule has 3 rings (SSSR count). The second-order valence-electron chi connectivity index (χ2n) is 6.31. The Balaban J connectivity index is 1.75. The third kappa shape index (κ3) is 4.51. The number of benzene rings is 1. The quantitative estimate of drug-likeness (QED) is 0.756. The Morgan fingerprint density at radius 1 is 1.26 bits per heavy atom. The fraction of sp³-hybridized carbons (Fsp3) is 0.421. The van der Waals surface area contributed by atoms with Gasteiger partial charge in [-0.2, -0.15) is 0 Å². The third-order valence-electron chi connectivity index (χ3n) is 4.64. The van der Waals surface area contributed by atoms with Crippen molar-refractivity contribution in [1.82, 2.24) is 15.1 Å². The molecule has 2 saturated heterocycles. The normalized spacial score (nSPS) is 19.6. The van der Waals surface area contributed by atoms with Gasteiger partial charge in [-0.3, -0.25) is 14.4 Å². The lowest BCUT2D eigenvalue weighted by molar-refractivity contribution is -0.138. The summed E-state index contributed by atoms with van der Waals surface area (Å²) in [4.78, 5) is 40.9. The van der Waals surface area contributed by atoms with Crippen LogP contribution in [0.15, 0.2) is 36.9 Å². The van der Waals surface area contributed by atoms with Crippen molar-refractivity contribution in [2.45, 2.75) is 12.6 Å². The lowest BCUT2D eigenvalue weighted by atomic mass is 10.1. The van der Waals surface area contributed by atoms with Crippen LogP contribution < -0.4 is 5.32 Å². The van der Waals surface area contributed by atoms with Crippen molar-refractivity contribution in [2.24, 2.45) is 0 Å². The fourth-order valence-corrected chi connectivity index (χ4v) is 4.28. The highest BCUT2D eigenvalue weighted by atomic mass is 32.2. The standard InChI is InChI=1S/C19H23N3O4S/c1-2-17(23)20-11-14-5-3-4-6-15(14)18(24)22-13-27-12-16(22)19(25)21-7-9-26-10-8-21/h2-6,16H,1,7-13H2,(H,20,23). The van der Waals surface area contributed by atoms with Crippen molar-refractivity contribution < 1.29 is 19.1 Å². The molecule has 0 aromatic heterocycles. The largest absolute Gasteiger partial charge is 0.378 e. The first-order valence-corrected chi connectivity index (χ1v) is 10.0. The smallest absolute Gasteiger partial charge is 0.255 e. The van der Waals surface area contributed by atoms with Crippen LogP contribution in [0.3, 0.4) is 0 Å². The molecule has 3 amide bonds. The molecule has 2 fully saturated rings. The Hall–Kier alpha value is -2.32. The minimum atomic E-state index is -0.462. The van der Waals surface area contributed by atoms with E-state index in [1.807, 2.05) is 6.07 Å². The summed E-state index contributed by atoms with van der Waals surface area (Å²) in [6.45, 7) is 5.85. The van der Waals surface area contributed by atoms with Crippen molar-refractivity contribution in [3.63, 3.8) is 0 Å². The topological polar surface area (TPSA) is 79.0 Å². The van der Waals surface area contributed by atoms with E-state index in [2.05, 4.69) is 11.9 Å². The van der Waals surface area contributed by atoms with Crippen LogP contribution in [-0.4, -0.2) is 71.5 Å². The predicted molar refractivity (Wildman–Crippen MR) is 103 cm³/mol. The van der Waals surface area contributed by atoms with Gasteiger partial charge in [-0.1, -0.05) is 24.8 Å². The monoisotopic (exact) mass is 389 g/mol. The van der Waals surface area contributed by atoms with Gasteiger partial charge in [-0.15, -0.1) is 11.8 Å². The summed E-state index contributed by atoms with van der Waals surface area (Å²) >= 11 is 1.58. The van der Waals surface area contributed by atoms with Gasteiger partial charge in [0, 0.05) is 31.0 Å². The Kier molecular flexibility index (Phi) is 6.52. The molecule has 0 radical (unpaired) electrons. The minimum Gasteiger partial charge on any atom is -0.378 e. The molecule has 8 heteroatoms. The number of rotatable bonds is 5. The van der Waals surface area contributed by atoms with Gasteiger partial charge in [0.05, 0.1) is 19.1 Å². The van der Waals surface area contributed by atoms with E-state index >= 15 is 0 Å². The Morgan fingerprint density at radius 3 is 2.74 bits per heavy atom. The molecule has 0 saturated carbocycles. The van der Waals surface area contributed by atoms with Gasteiger partial charge in [0.2, 0.25) is 11.8 Å². The zero-order valence-corrected chi connectivity index (χ0v) is 15.9. The average Bonchev–Trinajstić information content (AvgIpc) is 3.21. The van der Waals surface area contributed by atoms with Crippen LogP contribution in [0, 0.1) is 0 Å². The summed E-state index contributed by atoms with van der Waals surface area (Å²) in [5.74, 6) is 0.572. The first-order valence-electron chi connectivity index (χ1n) is 8.85. The molecule has 2 aliphatic heterocycles. The van der Waals surface area contributed by atoms with E-state index in [-0.39, 0.29) is 24.3 Å². The Labute approximate surface area is 162 Å². The Bertz CT molecular complexity index is 733. The first-order chi connectivity index (χ1) is 13.1. The van der Waals surface area contributed by atoms with E-state index in [9.17, 15) is 14.4 Å². The maximum Gasteiger partial charge on any atom is 0.255 e. The van der Waals surface area contributed by atoms with Gasteiger partial charge in [0.25, 0.3) is 5.91 Å². The van der Waals surface area contributed by atoms with Crippen molar-refractivity contribution in [3.05, 3.63) is 48.0 Å². The number of morpholine rings is 1. The van der Waals surface area contributed by atoms with Crippen molar-refractivity contribution in [2.75, 3.05) is 37.9 Å². The Morgan fingerprint density at radius 2 is 2.00 bits per heavy atom. The number of ether oxygens (including phenoxy) is 1. The van der Waals surface area contributed by atoms with Gasteiger partial charge in [0.15, 0.2) is 0 Å². The summed E-state index contributed by atoms with van der Waals surface area (Å²) in [7, 11) is 0. The molecular formula is C19H23N3O4S. The molecule has 1 aromatic rings. The second kappa shape index (κ2) is 9.05. The highest BCUT2D eigenvalue weighted by molar-refractivity contribution is 7.99. The molecule has 2 heterocycles. The summed E-state index contributed by atoms with van der Waals surface area (Å²) in [5, 5.41) is 2.70. The third-order valence-corrected chi connectivity index (χ3v) is 5.65. The molecule has 2 aliphatic rings. The molecule has 1 aromatic carbocycles. The van der Waals surface area contributed by atoms with E-state index in [1.165, 1.54) is 6.08 Å². The van der Waals surface area contributed by atoms with E-state index < -0.39 is 6.04 Å². The molecule has 1 N–H and O–H groups in total. The number of carbonyl (C=O) groups is 3. The lowest BCUT2D eigenvalue weighted by Crippen LogP contribution is -2.52. The maximum atomic E-state index is 13.2. The number of hydrogen-bond donors (Lipinski definition) is 1. The number of amides is 3. The van der Waals surface area contributed by atoms with Crippen molar-refractivity contribution in [1.29, 1.82) is 0 Å². The maximum absolute atomic E-state index is 13.2. The molecule has 0 spiro atoms. The first kappa shape index (κ1) is 19.4. The van der Waals surface area contributed by atoms with E-state index in [4.69, 9.17) is 4.74 Å². The van der Waals surface area contributed by atoms with Crippen LogP contribution in [0.1, 0.15) is 15.9 Å². The van der Waals surface area contributed by atoms with Crippen LogP contribution in [0.2, 0.25) is 0 Å². The van der Waals surface area contributed by atoms with Crippen molar-refractivity contribution in [3.8, 4) is 0 Å². The molecule has 1 atom stereocenters. The zero-order chi connectivity index (χ0) is 19.2. The lowest BCUT2D eigenvalue weighted by Gasteiger charge is -2.32. The zero-order valence-electron chi connectivity index (χ0n) is 15.1. The fourth-order valence-electron chi connectivity index (χ4n) is 3.13. The highest BCUT2D eigenvalue weighted by Crippen LogP contribution is 2.26. The number of nitrogens with zero attached hydrogens (tertiary/aromatic N) is 2. The molecule has 0 bridgehead atoms. The van der Waals surface area contributed by atoms with Gasteiger partial charge in [-0.05, 0) is 17.7 Å². The SMILES string of the molecule is C=CC(=O)NCc1ccccc1C(=O)N1CSCC1C(=O)N1CCOCC1. The van der Waals surface area contributed by atoms with E-state index in [0.29, 0.717) is 49.1 Å². The van der Waals surface area contributed by atoms with Gasteiger partial charge < -0.3 is 19.9 Å². The van der Waals surface area contributed by atoms with Crippen LogP contribution >= 0.6 is 11.8 Å². The molecule has 1 unspecified atom stereocenters. The average molecular weight is 389 g/mol. The van der Waals surface area contributed by atoms with Crippen LogP contribution in [0.25, 0.3) is 0 Å². The molecule has 0 aliphatic carbocycles. The van der Waals surface area contributed by atoms with E-state index in [0.717, 1.165) is 0 Å². The number of nitrogens with one attached hydrogen (secondary N) is 1. The van der Waals surface area contributed by atoms with E-state index in [1.54, 1.807) is 39.8 Å². The molecule has 7 nitrogen and oxygen atoms in total.